The van der Waals surface area contributed by atoms with E-state index >= 15 is 0 Å². The molecule has 0 aliphatic rings. The summed E-state index contributed by atoms with van der Waals surface area (Å²) >= 11 is 0. The topological polar surface area (TPSA) is 99.2 Å². The summed E-state index contributed by atoms with van der Waals surface area (Å²) in [6.07, 6.45) is 0.905. The highest BCUT2D eigenvalue weighted by atomic mass is 16.4. The van der Waals surface area contributed by atoms with Gasteiger partial charge in [-0.3, -0.25) is 4.79 Å². The van der Waals surface area contributed by atoms with Crippen molar-refractivity contribution in [3.05, 3.63) is 0 Å². The Morgan fingerprint density at radius 1 is 1.44 bits per heavy atom. The Balaban J connectivity index is 5.12. The van der Waals surface area contributed by atoms with Gasteiger partial charge in [0.25, 0.3) is 0 Å². The van der Waals surface area contributed by atoms with Gasteiger partial charge in [-0.05, 0) is 12.8 Å². The van der Waals surface area contributed by atoms with E-state index in [1.165, 1.54) is 4.90 Å². The van der Waals surface area contributed by atoms with Crippen LogP contribution in [0.4, 0.5) is 0 Å². The Labute approximate surface area is 95.7 Å². The predicted octanol–water partition coefficient (Wildman–Crippen LogP) is -0.0101. The number of hydrogen-bond donors (Lipinski definition) is 3. The van der Waals surface area contributed by atoms with Crippen LogP contribution in [0.1, 0.15) is 26.7 Å². The summed E-state index contributed by atoms with van der Waals surface area (Å²) in [5.74, 6) is -0.311. The largest absolute Gasteiger partial charge is 0.409 e. The lowest BCUT2D eigenvalue weighted by Gasteiger charge is -2.32. The molecule has 0 aliphatic heterocycles. The van der Waals surface area contributed by atoms with Crippen LogP contribution in [0.5, 0.6) is 0 Å². The van der Waals surface area contributed by atoms with Gasteiger partial charge in [0, 0.05) is 13.6 Å². The molecular weight excluding hydrogens is 210 g/mol. The second-order valence-electron chi connectivity index (χ2n) is 3.72. The number of hydrogen-bond acceptors (Lipinski definition) is 4. The smallest absolute Gasteiger partial charge is 0.236 e. The van der Waals surface area contributed by atoms with Gasteiger partial charge in [-0.2, -0.15) is 0 Å². The molecule has 0 aliphatic carbocycles. The maximum Gasteiger partial charge on any atom is 0.236 e. The molecule has 0 spiro atoms. The van der Waals surface area contributed by atoms with Crippen molar-refractivity contribution in [1.82, 2.24) is 4.90 Å². The summed E-state index contributed by atoms with van der Waals surface area (Å²) in [5.41, 5.74) is 4.62. The summed E-state index contributed by atoms with van der Waals surface area (Å²) in [4.78, 5) is 13.6. The molecular formula is C10H21N3O3. The van der Waals surface area contributed by atoms with Crippen LogP contribution in [0, 0.1) is 5.41 Å². The monoisotopic (exact) mass is 231 g/mol. The number of nitrogens with zero attached hydrogens (tertiary/aromatic N) is 2. The average Bonchev–Trinajstić information content (AvgIpc) is 2.30. The van der Waals surface area contributed by atoms with Crippen molar-refractivity contribution in [3.8, 4) is 0 Å². The van der Waals surface area contributed by atoms with Gasteiger partial charge in [0.1, 0.15) is 5.41 Å². The molecule has 0 saturated heterocycles. The number of amidine groups is 1. The van der Waals surface area contributed by atoms with Crippen LogP contribution >= 0.6 is 0 Å². The van der Waals surface area contributed by atoms with E-state index in [4.69, 9.17) is 16.0 Å². The number of oxime groups is 1. The number of carbonyl (C=O) groups excluding carboxylic acids is 1. The van der Waals surface area contributed by atoms with E-state index in [9.17, 15) is 4.79 Å². The van der Waals surface area contributed by atoms with E-state index < -0.39 is 5.41 Å². The molecule has 6 nitrogen and oxygen atoms in total. The van der Waals surface area contributed by atoms with Crippen molar-refractivity contribution in [2.24, 2.45) is 16.3 Å². The van der Waals surface area contributed by atoms with Crippen LogP contribution in [0.3, 0.4) is 0 Å². The zero-order valence-corrected chi connectivity index (χ0v) is 10.1. The number of rotatable bonds is 6. The minimum Gasteiger partial charge on any atom is -0.409 e. The molecule has 94 valence electrons. The van der Waals surface area contributed by atoms with Crippen LogP contribution in [0.25, 0.3) is 0 Å². The van der Waals surface area contributed by atoms with Gasteiger partial charge in [0.2, 0.25) is 5.91 Å². The maximum absolute atomic E-state index is 12.2. The molecule has 0 fully saturated rings. The molecule has 16 heavy (non-hydrogen) atoms. The van der Waals surface area contributed by atoms with Gasteiger partial charge < -0.3 is 20.9 Å². The quantitative estimate of drug-likeness (QED) is 0.259. The van der Waals surface area contributed by atoms with Crippen LogP contribution in [-0.2, 0) is 4.79 Å². The number of aliphatic hydroxyl groups excluding tert-OH is 1. The second kappa shape index (κ2) is 6.32. The standard InChI is InChI=1S/C10H21N3O3/c1-4-10(5-2,8(11)12-16)9(15)13(3)6-7-14/h14,16H,4-7H2,1-3H3,(H2,11,12). The molecule has 0 atom stereocenters. The molecule has 0 aromatic carbocycles. The first-order valence-corrected chi connectivity index (χ1v) is 5.34. The molecule has 0 radical (unpaired) electrons. The van der Waals surface area contributed by atoms with E-state index in [0.29, 0.717) is 12.8 Å². The van der Waals surface area contributed by atoms with Crippen molar-refractivity contribution in [3.63, 3.8) is 0 Å². The number of likely N-dealkylation sites (N-methyl/N-ethyl adjacent to an activating group) is 1. The third-order valence-corrected chi connectivity index (χ3v) is 3.00. The van der Waals surface area contributed by atoms with E-state index in [0.717, 1.165) is 0 Å². The molecule has 1 amide bonds. The Bertz CT molecular complexity index is 262. The molecule has 0 bridgehead atoms. The number of carbonyl (C=O) groups is 1. The third-order valence-electron chi connectivity index (χ3n) is 3.00. The van der Waals surface area contributed by atoms with Crippen molar-refractivity contribution in [1.29, 1.82) is 0 Å². The fourth-order valence-corrected chi connectivity index (χ4v) is 1.74. The summed E-state index contributed by atoms with van der Waals surface area (Å²) in [7, 11) is 1.59. The first-order valence-electron chi connectivity index (χ1n) is 5.34. The molecule has 0 rings (SSSR count). The fraction of sp³-hybridized carbons (Fsp3) is 0.800. The Morgan fingerprint density at radius 2 is 1.94 bits per heavy atom. The minimum absolute atomic E-state index is 0.0766. The third kappa shape index (κ3) is 2.63. The Kier molecular flexibility index (Phi) is 5.81. The molecule has 0 aromatic heterocycles. The van der Waals surface area contributed by atoms with Crippen LogP contribution in [0.15, 0.2) is 5.16 Å². The highest BCUT2D eigenvalue weighted by Crippen LogP contribution is 2.29. The van der Waals surface area contributed by atoms with Gasteiger partial charge in [0.15, 0.2) is 5.84 Å². The summed E-state index contributed by atoms with van der Waals surface area (Å²) in [6.45, 7) is 3.75. The molecule has 0 unspecified atom stereocenters. The summed E-state index contributed by atoms with van der Waals surface area (Å²) < 4.78 is 0. The fourth-order valence-electron chi connectivity index (χ4n) is 1.74. The highest BCUT2D eigenvalue weighted by molar-refractivity contribution is 6.06. The maximum atomic E-state index is 12.2. The molecule has 0 heterocycles. The zero-order chi connectivity index (χ0) is 12.8. The zero-order valence-electron chi connectivity index (χ0n) is 10.1. The lowest BCUT2D eigenvalue weighted by molar-refractivity contribution is -0.137. The number of amides is 1. The lowest BCUT2D eigenvalue weighted by atomic mass is 9.79. The van der Waals surface area contributed by atoms with Crippen molar-refractivity contribution < 1.29 is 15.1 Å². The number of nitrogens with two attached hydrogens (primary N) is 1. The van der Waals surface area contributed by atoms with Crippen LogP contribution in [-0.4, -0.2) is 47.2 Å². The van der Waals surface area contributed by atoms with Crippen molar-refractivity contribution in [2.75, 3.05) is 20.2 Å². The second-order valence-corrected chi connectivity index (χ2v) is 3.72. The highest BCUT2D eigenvalue weighted by Gasteiger charge is 2.41. The average molecular weight is 231 g/mol. The SMILES string of the molecule is CCC(CC)(C(=O)N(C)CCO)C(N)=NO. The van der Waals surface area contributed by atoms with Crippen LogP contribution in [0.2, 0.25) is 0 Å². The number of aliphatic hydroxyl groups is 1. The predicted molar refractivity (Wildman–Crippen MR) is 61.1 cm³/mol. The first kappa shape index (κ1) is 14.7. The van der Waals surface area contributed by atoms with Gasteiger partial charge in [-0.25, -0.2) is 0 Å². The van der Waals surface area contributed by atoms with Gasteiger partial charge in [-0.15, -0.1) is 0 Å². The summed E-state index contributed by atoms with van der Waals surface area (Å²) in [5, 5.41) is 20.5. The van der Waals surface area contributed by atoms with E-state index in [1.54, 1.807) is 7.05 Å². The van der Waals surface area contributed by atoms with Gasteiger partial charge in [0.05, 0.1) is 6.61 Å². The lowest BCUT2D eigenvalue weighted by Crippen LogP contribution is -2.50. The minimum atomic E-state index is -0.974. The van der Waals surface area contributed by atoms with Gasteiger partial charge in [-0.1, -0.05) is 19.0 Å². The molecule has 0 aromatic rings. The summed E-state index contributed by atoms with van der Waals surface area (Å²) in [6, 6.07) is 0. The van der Waals surface area contributed by atoms with E-state index in [-0.39, 0.29) is 24.9 Å². The molecule has 6 heteroatoms. The van der Waals surface area contributed by atoms with E-state index in [1.807, 2.05) is 13.8 Å². The normalized spacial score (nSPS) is 12.6. The first-order chi connectivity index (χ1) is 7.49. The van der Waals surface area contributed by atoms with Crippen LogP contribution < -0.4 is 5.73 Å². The van der Waals surface area contributed by atoms with Crippen molar-refractivity contribution in [2.45, 2.75) is 26.7 Å². The van der Waals surface area contributed by atoms with Gasteiger partial charge >= 0.3 is 0 Å². The molecule has 0 saturated carbocycles. The Hall–Kier alpha value is -1.30. The Morgan fingerprint density at radius 3 is 2.25 bits per heavy atom. The molecule has 4 N–H and O–H groups in total. The van der Waals surface area contributed by atoms with Crippen molar-refractivity contribution >= 4 is 11.7 Å². The van der Waals surface area contributed by atoms with E-state index in [2.05, 4.69) is 5.16 Å².